The molecule has 0 fully saturated rings. The molecule has 2 aromatic heterocycles. The van der Waals surface area contributed by atoms with Gasteiger partial charge in [0.25, 0.3) is 5.56 Å². The predicted molar refractivity (Wildman–Crippen MR) is 92.2 cm³/mol. The number of hydrogen-bond acceptors (Lipinski definition) is 5. The number of benzene rings is 1. The highest BCUT2D eigenvalue weighted by molar-refractivity contribution is 5.99. The van der Waals surface area contributed by atoms with E-state index in [4.69, 9.17) is 4.74 Å². The van der Waals surface area contributed by atoms with E-state index in [1.807, 2.05) is 6.92 Å². The van der Waals surface area contributed by atoms with Gasteiger partial charge < -0.3 is 9.30 Å². The van der Waals surface area contributed by atoms with Crippen molar-refractivity contribution in [2.75, 3.05) is 6.61 Å². The number of aromatic amines is 1. The maximum absolute atomic E-state index is 12.8. The van der Waals surface area contributed by atoms with Crippen LogP contribution < -0.4 is 16.0 Å². The van der Waals surface area contributed by atoms with Crippen LogP contribution in [0.3, 0.4) is 0 Å². The first-order valence-corrected chi connectivity index (χ1v) is 7.87. The SMILES string of the molecule is CCOc1ccc(C(=O)C(C)n2cnc3c(=O)[nH]c(=O)n(C)c32)cc1. The summed E-state index contributed by atoms with van der Waals surface area (Å²) < 4.78 is 8.17. The van der Waals surface area contributed by atoms with Gasteiger partial charge in [0.05, 0.1) is 19.0 Å². The molecular weight excluding hydrogens is 324 g/mol. The van der Waals surface area contributed by atoms with Crippen LogP contribution >= 0.6 is 0 Å². The number of nitrogens with one attached hydrogen (secondary N) is 1. The number of carbonyl (C=O) groups is 1. The Morgan fingerprint density at radius 3 is 2.60 bits per heavy atom. The molecule has 1 N–H and O–H groups in total. The fourth-order valence-corrected chi connectivity index (χ4v) is 2.72. The number of imidazole rings is 1. The Labute approximate surface area is 142 Å². The van der Waals surface area contributed by atoms with E-state index in [9.17, 15) is 14.4 Å². The van der Waals surface area contributed by atoms with Crippen LogP contribution in [-0.4, -0.2) is 31.5 Å². The summed E-state index contributed by atoms with van der Waals surface area (Å²) in [5.74, 6) is 0.531. The van der Waals surface area contributed by atoms with Gasteiger partial charge in [0.2, 0.25) is 0 Å². The lowest BCUT2D eigenvalue weighted by atomic mass is 10.1. The van der Waals surface area contributed by atoms with Crippen molar-refractivity contribution in [1.82, 2.24) is 19.1 Å². The summed E-state index contributed by atoms with van der Waals surface area (Å²) in [5, 5.41) is 0. The molecule has 8 nitrogen and oxygen atoms in total. The third-order valence-electron chi connectivity index (χ3n) is 4.07. The van der Waals surface area contributed by atoms with Gasteiger partial charge in [-0.3, -0.25) is 19.1 Å². The smallest absolute Gasteiger partial charge is 0.329 e. The second-order valence-electron chi connectivity index (χ2n) is 5.64. The van der Waals surface area contributed by atoms with E-state index in [1.165, 1.54) is 22.5 Å². The summed E-state index contributed by atoms with van der Waals surface area (Å²) in [6, 6.07) is 6.21. The molecule has 3 aromatic rings. The Morgan fingerprint density at radius 1 is 1.28 bits per heavy atom. The molecule has 0 aliphatic heterocycles. The highest BCUT2D eigenvalue weighted by Crippen LogP contribution is 2.20. The molecule has 2 heterocycles. The minimum absolute atomic E-state index is 0.119. The minimum atomic E-state index is -0.629. The van der Waals surface area contributed by atoms with E-state index in [-0.39, 0.29) is 11.3 Å². The van der Waals surface area contributed by atoms with E-state index < -0.39 is 17.3 Å². The predicted octanol–water partition coefficient (Wildman–Crippen LogP) is 1.27. The quantitative estimate of drug-likeness (QED) is 0.704. The van der Waals surface area contributed by atoms with Crippen molar-refractivity contribution in [3.63, 3.8) is 0 Å². The Morgan fingerprint density at radius 2 is 1.96 bits per heavy atom. The molecule has 0 saturated heterocycles. The normalized spacial score (nSPS) is 12.3. The standard InChI is InChI=1S/C17H18N4O4/c1-4-25-12-7-5-11(6-8-12)14(22)10(2)21-9-18-13-15(23)19-17(24)20(3)16(13)21/h5-10H,4H2,1-3H3,(H,19,23,24). The molecule has 0 bridgehead atoms. The molecule has 0 spiro atoms. The zero-order valence-corrected chi connectivity index (χ0v) is 14.1. The lowest BCUT2D eigenvalue weighted by molar-refractivity contribution is 0.0936. The summed E-state index contributed by atoms with van der Waals surface area (Å²) >= 11 is 0. The molecular formula is C17H18N4O4. The lowest BCUT2D eigenvalue weighted by Gasteiger charge is -2.15. The first-order chi connectivity index (χ1) is 11.9. The molecule has 1 aromatic carbocycles. The molecule has 0 saturated carbocycles. The van der Waals surface area contributed by atoms with E-state index in [2.05, 4.69) is 9.97 Å². The van der Waals surface area contributed by atoms with Crippen LogP contribution in [-0.2, 0) is 7.05 Å². The zero-order chi connectivity index (χ0) is 18.1. The molecule has 0 aliphatic rings. The van der Waals surface area contributed by atoms with Crippen molar-refractivity contribution in [2.45, 2.75) is 19.9 Å². The highest BCUT2D eigenvalue weighted by Gasteiger charge is 2.21. The number of aryl methyl sites for hydroxylation is 1. The number of carbonyl (C=O) groups excluding carboxylic acids is 1. The van der Waals surface area contributed by atoms with Crippen LogP contribution in [0.5, 0.6) is 5.75 Å². The molecule has 0 aliphatic carbocycles. The average molecular weight is 342 g/mol. The van der Waals surface area contributed by atoms with Crippen molar-refractivity contribution in [3.05, 3.63) is 57.0 Å². The van der Waals surface area contributed by atoms with Crippen molar-refractivity contribution >= 4 is 16.9 Å². The summed E-state index contributed by atoms with van der Waals surface area (Å²) in [6.45, 7) is 4.14. The lowest BCUT2D eigenvalue weighted by Crippen LogP contribution is -2.30. The zero-order valence-electron chi connectivity index (χ0n) is 14.1. The van der Waals surface area contributed by atoms with E-state index in [1.54, 1.807) is 31.2 Å². The summed E-state index contributed by atoms with van der Waals surface area (Å²) in [7, 11) is 1.52. The molecule has 3 rings (SSSR count). The first-order valence-electron chi connectivity index (χ1n) is 7.87. The fraction of sp³-hybridized carbons (Fsp3) is 0.294. The maximum atomic E-state index is 12.8. The maximum Gasteiger partial charge on any atom is 0.329 e. The number of H-pyrrole nitrogens is 1. The summed E-state index contributed by atoms with van der Waals surface area (Å²) in [6.07, 6.45) is 1.40. The van der Waals surface area contributed by atoms with E-state index in [0.717, 1.165) is 0 Å². The number of aromatic nitrogens is 4. The number of ether oxygens (including phenoxy) is 1. The Bertz CT molecular complexity index is 1040. The first kappa shape index (κ1) is 16.7. The Hall–Kier alpha value is -3.16. The number of Topliss-reactive ketones (excluding diaryl/α,β-unsaturated/α-hetero) is 1. The summed E-state index contributed by atoms with van der Waals surface area (Å²) in [5.41, 5.74) is -0.195. The van der Waals surface area contributed by atoms with Crippen LogP contribution in [0.15, 0.2) is 40.2 Å². The molecule has 25 heavy (non-hydrogen) atoms. The fourth-order valence-electron chi connectivity index (χ4n) is 2.72. The Balaban J connectivity index is 2.02. The van der Waals surface area contributed by atoms with Crippen molar-refractivity contribution in [3.8, 4) is 5.75 Å². The van der Waals surface area contributed by atoms with Gasteiger partial charge in [0.1, 0.15) is 5.75 Å². The topological polar surface area (TPSA) is 99.0 Å². The molecule has 0 radical (unpaired) electrons. The van der Waals surface area contributed by atoms with Gasteiger partial charge >= 0.3 is 5.69 Å². The number of rotatable bonds is 5. The minimum Gasteiger partial charge on any atom is -0.494 e. The van der Waals surface area contributed by atoms with Gasteiger partial charge in [0, 0.05) is 12.6 Å². The van der Waals surface area contributed by atoms with E-state index in [0.29, 0.717) is 23.6 Å². The molecule has 1 unspecified atom stereocenters. The third kappa shape index (κ3) is 2.86. The van der Waals surface area contributed by atoms with Crippen LogP contribution in [0.1, 0.15) is 30.2 Å². The monoisotopic (exact) mass is 342 g/mol. The van der Waals surface area contributed by atoms with Crippen molar-refractivity contribution < 1.29 is 9.53 Å². The molecule has 0 amide bonds. The second-order valence-corrected chi connectivity index (χ2v) is 5.64. The number of hydrogen-bond donors (Lipinski definition) is 1. The molecule has 8 heteroatoms. The molecule has 1 atom stereocenters. The third-order valence-corrected chi connectivity index (χ3v) is 4.07. The molecule has 130 valence electrons. The Kier molecular flexibility index (Phi) is 4.26. The number of fused-ring (bicyclic) bond motifs is 1. The van der Waals surface area contributed by atoms with Gasteiger partial charge in [-0.15, -0.1) is 0 Å². The average Bonchev–Trinajstić information content (AvgIpc) is 3.05. The largest absolute Gasteiger partial charge is 0.494 e. The van der Waals surface area contributed by atoms with Gasteiger partial charge in [-0.05, 0) is 38.1 Å². The number of nitrogens with zero attached hydrogens (tertiary/aromatic N) is 3. The van der Waals surface area contributed by atoms with Crippen LogP contribution in [0.25, 0.3) is 11.2 Å². The summed E-state index contributed by atoms with van der Waals surface area (Å²) in [4.78, 5) is 42.7. The van der Waals surface area contributed by atoms with Gasteiger partial charge in [-0.2, -0.15) is 0 Å². The van der Waals surface area contributed by atoms with Crippen LogP contribution in [0.2, 0.25) is 0 Å². The highest BCUT2D eigenvalue weighted by atomic mass is 16.5. The van der Waals surface area contributed by atoms with Crippen LogP contribution in [0.4, 0.5) is 0 Å². The van der Waals surface area contributed by atoms with Gasteiger partial charge in [0.15, 0.2) is 16.9 Å². The van der Waals surface area contributed by atoms with E-state index >= 15 is 0 Å². The second kappa shape index (κ2) is 6.39. The van der Waals surface area contributed by atoms with Crippen LogP contribution in [0, 0.1) is 0 Å². The van der Waals surface area contributed by atoms with Crippen molar-refractivity contribution in [2.24, 2.45) is 7.05 Å². The van der Waals surface area contributed by atoms with Crippen molar-refractivity contribution in [1.29, 1.82) is 0 Å². The van der Waals surface area contributed by atoms with Gasteiger partial charge in [-0.25, -0.2) is 9.78 Å². The number of ketones is 1. The van der Waals surface area contributed by atoms with Gasteiger partial charge in [-0.1, -0.05) is 0 Å².